The lowest BCUT2D eigenvalue weighted by molar-refractivity contribution is 0.0695. The van der Waals surface area contributed by atoms with Crippen LogP contribution in [0.3, 0.4) is 0 Å². The van der Waals surface area contributed by atoms with Crippen LogP contribution in [0.2, 0.25) is 0 Å². The second kappa shape index (κ2) is 5.09. The van der Waals surface area contributed by atoms with E-state index >= 15 is 0 Å². The Morgan fingerprint density at radius 1 is 1.59 bits per heavy atom. The Morgan fingerprint density at radius 2 is 2.35 bits per heavy atom. The highest BCUT2D eigenvalue weighted by atomic mass is 32.1. The van der Waals surface area contributed by atoms with Crippen LogP contribution in [0.15, 0.2) is 17.5 Å². The molecule has 1 fully saturated rings. The average molecular weight is 252 g/mol. The van der Waals surface area contributed by atoms with Gasteiger partial charge in [0.25, 0.3) is 0 Å². The monoisotopic (exact) mass is 252 g/mol. The summed E-state index contributed by atoms with van der Waals surface area (Å²) < 4.78 is 0. The van der Waals surface area contributed by atoms with E-state index in [0.717, 1.165) is 13.1 Å². The van der Waals surface area contributed by atoms with Gasteiger partial charge in [0.1, 0.15) is 0 Å². The number of piperazine rings is 1. The van der Waals surface area contributed by atoms with E-state index in [1.54, 1.807) is 0 Å². The molecule has 2 rings (SSSR count). The second-order valence-corrected chi connectivity index (χ2v) is 6.95. The maximum absolute atomic E-state index is 3.61. The topological polar surface area (TPSA) is 15.3 Å². The minimum Gasteiger partial charge on any atom is -0.309 e. The van der Waals surface area contributed by atoms with Gasteiger partial charge in [0.15, 0.2) is 0 Å². The third-order valence-electron chi connectivity index (χ3n) is 3.66. The first kappa shape index (κ1) is 13.1. The summed E-state index contributed by atoms with van der Waals surface area (Å²) in [6, 6.07) is 5.67. The van der Waals surface area contributed by atoms with E-state index in [1.165, 1.54) is 11.3 Å². The van der Waals surface area contributed by atoms with Crippen LogP contribution in [0.5, 0.6) is 0 Å². The average Bonchev–Trinajstić information content (AvgIpc) is 2.74. The van der Waals surface area contributed by atoms with E-state index in [0.29, 0.717) is 12.1 Å². The quantitative estimate of drug-likeness (QED) is 0.890. The van der Waals surface area contributed by atoms with Crippen molar-refractivity contribution in [3.8, 4) is 0 Å². The normalized spacial score (nSPS) is 26.9. The van der Waals surface area contributed by atoms with E-state index in [9.17, 15) is 0 Å². The van der Waals surface area contributed by atoms with E-state index in [1.807, 2.05) is 11.3 Å². The fourth-order valence-corrected chi connectivity index (χ4v) is 3.46. The summed E-state index contributed by atoms with van der Waals surface area (Å²) in [5, 5.41) is 5.79. The lowest BCUT2D eigenvalue weighted by Crippen LogP contribution is -2.62. The first-order valence-corrected chi connectivity index (χ1v) is 7.39. The van der Waals surface area contributed by atoms with Gasteiger partial charge in [0.05, 0.1) is 0 Å². The van der Waals surface area contributed by atoms with Crippen molar-refractivity contribution >= 4 is 11.3 Å². The minimum atomic E-state index is 0.246. The largest absolute Gasteiger partial charge is 0.309 e. The van der Waals surface area contributed by atoms with Gasteiger partial charge in [-0.2, -0.15) is 0 Å². The standard InChI is InChI=1S/C14H24N2S/c1-11(8-13-6-5-7-17-13)16-10-14(3,4)15-9-12(16)2/h5-7,11-12,15H,8-10H2,1-4H3. The molecular weight excluding hydrogens is 228 g/mol. The molecule has 2 nitrogen and oxygen atoms in total. The van der Waals surface area contributed by atoms with Crippen molar-refractivity contribution in [2.24, 2.45) is 0 Å². The number of hydrogen-bond acceptors (Lipinski definition) is 3. The maximum atomic E-state index is 3.61. The van der Waals surface area contributed by atoms with E-state index in [2.05, 4.69) is 55.4 Å². The molecule has 1 aromatic heterocycles. The molecule has 0 aliphatic carbocycles. The third-order valence-corrected chi connectivity index (χ3v) is 4.56. The molecule has 0 bridgehead atoms. The SMILES string of the molecule is CC1CNC(C)(C)CN1C(C)Cc1cccs1. The molecule has 0 amide bonds. The summed E-state index contributed by atoms with van der Waals surface area (Å²) in [7, 11) is 0. The highest BCUT2D eigenvalue weighted by molar-refractivity contribution is 7.09. The zero-order valence-electron chi connectivity index (χ0n) is 11.4. The molecule has 17 heavy (non-hydrogen) atoms. The Bertz CT molecular complexity index is 345. The molecule has 1 aliphatic rings. The fourth-order valence-electron chi connectivity index (χ4n) is 2.64. The van der Waals surface area contributed by atoms with Gasteiger partial charge < -0.3 is 5.32 Å². The summed E-state index contributed by atoms with van der Waals surface area (Å²) >= 11 is 1.87. The molecule has 1 aromatic rings. The van der Waals surface area contributed by atoms with E-state index < -0.39 is 0 Å². The summed E-state index contributed by atoms with van der Waals surface area (Å²) in [4.78, 5) is 4.15. The second-order valence-electron chi connectivity index (χ2n) is 5.92. The number of nitrogens with zero attached hydrogens (tertiary/aromatic N) is 1. The molecule has 1 aliphatic heterocycles. The molecule has 2 unspecified atom stereocenters. The van der Waals surface area contributed by atoms with Crippen LogP contribution >= 0.6 is 11.3 Å². The van der Waals surface area contributed by atoms with Gasteiger partial charge in [-0.25, -0.2) is 0 Å². The minimum absolute atomic E-state index is 0.246. The molecule has 1 N–H and O–H groups in total. The van der Waals surface area contributed by atoms with Gasteiger partial charge in [-0.15, -0.1) is 11.3 Å². The summed E-state index contributed by atoms with van der Waals surface area (Å²) in [5.74, 6) is 0. The number of nitrogens with one attached hydrogen (secondary N) is 1. The fraction of sp³-hybridized carbons (Fsp3) is 0.714. The summed E-state index contributed by atoms with van der Waals surface area (Å²) in [5.41, 5.74) is 0.246. The molecule has 0 aromatic carbocycles. The molecular formula is C14H24N2S. The van der Waals surface area contributed by atoms with Gasteiger partial charge in [0.2, 0.25) is 0 Å². The third kappa shape index (κ3) is 3.30. The van der Waals surface area contributed by atoms with Gasteiger partial charge in [0, 0.05) is 35.6 Å². The predicted octanol–water partition coefficient (Wildman–Crippen LogP) is 2.75. The van der Waals surface area contributed by atoms with Crippen molar-refractivity contribution in [2.75, 3.05) is 13.1 Å². The van der Waals surface area contributed by atoms with Crippen LogP contribution < -0.4 is 5.32 Å². The Kier molecular flexibility index (Phi) is 3.91. The maximum Gasteiger partial charge on any atom is 0.0253 e. The van der Waals surface area contributed by atoms with E-state index in [-0.39, 0.29) is 5.54 Å². The molecule has 3 heteroatoms. The summed E-state index contributed by atoms with van der Waals surface area (Å²) in [6.45, 7) is 11.5. The van der Waals surface area contributed by atoms with Gasteiger partial charge in [-0.05, 0) is 45.6 Å². The molecule has 2 atom stereocenters. The highest BCUT2D eigenvalue weighted by Crippen LogP contribution is 2.21. The van der Waals surface area contributed by atoms with Crippen molar-refractivity contribution in [1.29, 1.82) is 0 Å². The Balaban J connectivity index is 1.99. The highest BCUT2D eigenvalue weighted by Gasteiger charge is 2.32. The Hall–Kier alpha value is -0.380. The van der Waals surface area contributed by atoms with Crippen LogP contribution in [0, 0.1) is 0 Å². The van der Waals surface area contributed by atoms with E-state index in [4.69, 9.17) is 0 Å². The van der Waals surface area contributed by atoms with Crippen LogP contribution in [-0.2, 0) is 6.42 Å². The lowest BCUT2D eigenvalue weighted by Gasteiger charge is -2.46. The Morgan fingerprint density at radius 3 is 3.00 bits per heavy atom. The number of rotatable bonds is 3. The van der Waals surface area contributed by atoms with Crippen molar-refractivity contribution in [3.63, 3.8) is 0 Å². The van der Waals surface area contributed by atoms with Crippen molar-refractivity contribution < 1.29 is 0 Å². The van der Waals surface area contributed by atoms with Gasteiger partial charge >= 0.3 is 0 Å². The molecule has 0 radical (unpaired) electrons. The van der Waals surface area contributed by atoms with Crippen molar-refractivity contribution in [3.05, 3.63) is 22.4 Å². The predicted molar refractivity (Wildman–Crippen MR) is 75.7 cm³/mol. The first-order valence-electron chi connectivity index (χ1n) is 6.51. The van der Waals surface area contributed by atoms with Crippen molar-refractivity contribution in [2.45, 2.75) is 51.7 Å². The molecule has 2 heterocycles. The molecule has 96 valence electrons. The van der Waals surface area contributed by atoms with Gasteiger partial charge in [-0.1, -0.05) is 6.07 Å². The summed E-state index contributed by atoms with van der Waals surface area (Å²) in [6.07, 6.45) is 1.18. The first-order chi connectivity index (χ1) is 7.98. The molecule has 0 spiro atoms. The van der Waals surface area contributed by atoms with Gasteiger partial charge in [-0.3, -0.25) is 4.90 Å². The van der Waals surface area contributed by atoms with Crippen LogP contribution in [0.4, 0.5) is 0 Å². The van der Waals surface area contributed by atoms with Crippen molar-refractivity contribution in [1.82, 2.24) is 10.2 Å². The number of hydrogen-bond donors (Lipinski definition) is 1. The Labute approximate surface area is 109 Å². The number of thiophene rings is 1. The molecule has 1 saturated heterocycles. The van der Waals surface area contributed by atoms with Crippen LogP contribution in [0.25, 0.3) is 0 Å². The lowest BCUT2D eigenvalue weighted by atomic mass is 9.97. The zero-order valence-corrected chi connectivity index (χ0v) is 12.2. The van der Waals surface area contributed by atoms with Crippen LogP contribution in [0.1, 0.15) is 32.6 Å². The zero-order chi connectivity index (χ0) is 12.5. The smallest absolute Gasteiger partial charge is 0.0253 e. The molecule has 0 saturated carbocycles. The van der Waals surface area contributed by atoms with Crippen LogP contribution in [-0.4, -0.2) is 35.6 Å².